The van der Waals surface area contributed by atoms with Crippen molar-refractivity contribution in [2.45, 2.75) is 76.9 Å². The van der Waals surface area contributed by atoms with Crippen molar-refractivity contribution in [1.82, 2.24) is 19.9 Å². The van der Waals surface area contributed by atoms with Crippen molar-refractivity contribution in [3.63, 3.8) is 0 Å². The van der Waals surface area contributed by atoms with Gasteiger partial charge in [0.1, 0.15) is 16.9 Å². The Morgan fingerprint density at radius 1 is 1.24 bits per heavy atom. The molecule has 0 bridgehead atoms. The molecule has 0 saturated carbocycles. The van der Waals surface area contributed by atoms with E-state index in [1.807, 2.05) is 31.9 Å². The summed E-state index contributed by atoms with van der Waals surface area (Å²) in [4.78, 5) is 27.3. The van der Waals surface area contributed by atoms with E-state index in [-0.39, 0.29) is 12.1 Å². The van der Waals surface area contributed by atoms with E-state index in [0.29, 0.717) is 18.4 Å². The number of nitrogens with zero attached hydrogens (tertiary/aromatic N) is 3. The van der Waals surface area contributed by atoms with E-state index in [1.54, 1.807) is 0 Å². The molecule has 2 aliphatic rings. The van der Waals surface area contributed by atoms with E-state index in [9.17, 15) is 4.79 Å². The molecule has 0 radical (unpaired) electrons. The molecule has 2 fully saturated rings. The molecule has 158 valence electrons. The normalized spacial score (nSPS) is 24.1. The number of aromatic amines is 1. The molecule has 0 spiro atoms. The molecule has 1 N–H and O–H groups in total. The zero-order valence-electron chi connectivity index (χ0n) is 17.9. The monoisotopic (exact) mass is 400 g/mol. The van der Waals surface area contributed by atoms with Crippen LogP contribution in [0.3, 0.4) is 0 Å². The fraction of sp³-hybridized carbons (Fsp3) is 0.682. The van der Waals surface area contributed by atoms with Crippen molar-refractivity contribution < 1.29 is 14.3 Å². The molecule has 2 atom stereocenters. The summed E-state index contributed by atoms with van der Waals surface area (Å²) in [5.41, 5.74) is 2.61. The highest BCUT2D eigenvalue weighted by molar-refractivity contribution is 5.75. The molecular weight excluding hydrogens is 368 g/mol. The second-order valence-corrected chi connectivity index (χ2v) is 9.35. The van der Waals surface area contributed by atoms with Crippen LogP contribution in [0.5, 0.6) is 0 Å². The number of pyridine rings is 1. The fourth-order valence-electron chi connectivity index (χ4n) is 4.49. The van der Waals surface area contributed by atoms with Crippen LogP contribution in [0.4, 0.5) is 4.79 Å². The van der Waals surface area contributed by atoms with Crippen LogP contribution >= 0.6 is 0 Å². The Hall–Kier alpha value is -2.15. The molecule has 7 nitrogen and oxygen atoms in total. The number of fused-ring (bicyclic) bond motifs is 1. The van der Waals surface area contributed by atoms with Gasteiger partial charge in [-0.1, -0.05) is 0 Å². The average molecular weight is 401 g/mol. The average Bonchev–Trinajstić information content (AvgIpc) is 3.11. The maximum Gasteiger partial charge on any atom is 0.410 e. The first-order chi connectivity index (χ1) is 13.8. The van der Waals surface area contributed by atoms with Gasteiger partial charge in [0.05, 0.1) is 0 Å². The number of rotatable bonds is 2. The number of carbonyl (C=O) groups is 1. The number of hydrogen-bond donors (Lipinski definition) is 1. The number of amides is 1. The molecule has 4 heterocycles. The van der Waals surface area contributed by atoms with Crippen LogP contribution in [-0.4, -0.2) is 57.3 Å². The second-order valence-electron chi connectivity index (χ2n) is 9.35. The number of H-pyrrole nitrogens is 1. The van der Waals surface area contributed by atoms with Gasteiger partial charge in [0.15, 0.2) is 5.65 Å². The van der Waals surface area contributed by atoms with Crippen molar-refractivity contribution >= 4 is 17.3 Å². The number of carbonyl (C=O) groups excluding carboxylic acids is 1. The molecule has 2 aromatic heterocycles. The minimum atomic E-state index is -0.472. The highest BCUT2D eigenvalue weighted by Crippen LogP contribution is 2.36. The number of aromatic nitrogens is 3. The Labute approximate surface area is 172 Å². The van der Waals surface area contributed by atoms with Crippen molar-refractivity contribution in [2.24, 2.45) is 0 Å². The first-order valence-electron chi connectivity index (χ1n) is 10.7. The quantitative estimate of drug-likeness (QED) is 0.810. The largest absolute Gasteiger partial charge is 0.444 e. The molecule has 2 saturated heterocycles. The van der Waals surface area contributed by atoms with Crippen LogP contribution in [0.2, 0.25) is 0 Å². The van der Waals surface area contributed by atoms with Crippen molar-refractivity contribution in [2.75, 3.05) is 19.8 Å². The van der Waals surface area contributed by atoms with Gasteiger partial charge < -0.3 is 19.4 Å². The third-order valence-electron chi connectivity index (χ3n) is 5.99. The maximum atomic E-state index is 12.5. The zero-order chi connectivity index (χ0) is 20.6. The molecule has 0 aliphatic carbocycles. The van der Waals surface area contributed by atoms with Crippen molar-refractivity contribution in [3.8, 4) is 0 Å². The van der Waals surface area contributed by atoms with Gasteiger partial charge in [-0.05, 0) is 70.9 Å². The maximum absolute atomic E-state index is 12.5. The Balaban J connectivity index is 1.52. The van der Waals surface area contributed by atoms with Crippen molar-refractivity contribution in [3.05, 3.63) is 23.7 Å². The molecular formula is C22H32N4O3. The van der Waals surface area contributed by atoms with Crippen LogP contribution in [0.1, 0.15) is 76.6 Å². The third-order valence-corrected chi connectivity index (χ3v) is 5.99. The van der Waals surface area contributed by atoms with E-state index >= 15 is 0 Å². The Morgan fingerprint density at radius 2 is 2.00 bits per heavy atom. The second kappa shape index (κ2) is 7.94. The van der Waals surface area contributed by atoms with Crippen LogP contribution in [0.15, 0.2) is 12.3 Å². The summed E-state index contributed by atoms with van der Waals surface area (Å²) in [6, 6.07) is 2.22. The van der Waals surface area contributed by atoms with Gasteiger partial charge in [-0.2, -0.15) is 0 Å². The predicted molar refractivity (Wildman–Crippen MR) is 111 cm³/mol. The van der Waals surface area contributed by atoms with Crippen LogP contribution in [0, 0.1) is 0 Å². The lowest BCUT2D eigenvalue weighted by Gasteiger charge is -2.38. The number of nitrogens with one attached hydrogen (secondary N) is 1. The molecule has 4 rings (SSSR count). The van der Waals surface area contributed by atoms with E-state index < -0.39 is 5.60 Å². The molecule has 29 heavy (non-hydrogen) atoms. The summed E-state index contributed by atoms with van der Waals surface area (Å²) in [5, 5.41) is 0. The minimum absolute atomic E-state index is 0.126. The SMILES string of the molecule is CC1CC(c2ccnc3[nH]c(C4CCOCC4)nc23)CCN1C(=O)OC(C)(C)C. The first-order valence-corrected chi connectivity index (χ1v) is 10.7. The lowest BCUT2D eigenvalue weighted by atomic mass is 9.86. The number of hydrogen-bond acceptors (Lipinski definition) is 5. The van der Waals surface area contributed by atoms with Gasteiger partial charge in [0, 0.05) is 37.9 Å². The summed E-state index contributed by atoms with van der Waals surface area (Å²) < 4.78 is 11.1. The predicted octanol–water partition coefficient (Wildman–Crippen LogP) is 4.35. The number of imidazole rings is 1. The summed E-state index contributed by atoms with van der Waals surface area (Å²) in [6.07, 6.45) is 5.46. The highest BCUT2D eigenvalue weighted by atomic mass is 16.6. The Kier molecular flexibility index (Phi) is 5.51. The number of likely N-dealkylation sites (tertiary alicyclic amines) is 1. The van der Waals surface area contributed by atoms with Crippen LogP contribution in [0.25, 0.3) is 11.2 Å². The van der Waals surface area contributed by atoms with Gasteiger partial charge in [-0.25, -0.2) is 14.8 Å². The summed E-state index contributed by atoms with van der Waals surface area (Å²) in [6.45, 7) is 10.1. The first kappa shape index (κ1) is 20.1. The minimum Gasteiger partial charge on any atom is -0.444 e. The molecule has 2 aromatic rings. The topological polar surface area (TPSA) is 80.3 Å². The summed E-state index contributed by atoms with van der Waals surface area (Å²) >= 11 is 0. The van der Waals surface area contributed by atoms with E-state index in [4.69, 9.17) is 14.5 Å². The summed E-state index contributed by atoms with van der Waals surface area (Å²) in [5.74, 6) is 1.81. The molecule has 0 aromatic carbocycles. The lowest BCUT2D eigenvalue weighted by Crippen LogP contribution is -2.46. The molecule has 2 aliphatic heterocycles. The Bertz CT molecular complexity index is 867. The zero-order valence-corrected chi connectivity index (χ0v) is 17.9. The van der Waals surface area contributed by atoms with E-state index in [1.165, 1.54) is 5.56 Å². The smallest absolute Gasteiger partial charge is 0.410 e. The van der Waals surface area contributed by atoms with Crippen LogP contribution < -0.4 is 0 Å². The molecule has 2 unspecified atom stereocenters. The van der Waals surface area contributed by atoms with Gasteiger partial charge in [0.2, 0.25) is 0 Å². The fourth-order valence-corrected chi connectivity index (χ4v) is 4.49. The number of ether oxygens (including phenoxy) is 2. The van der Waals surface area contributed by atoms with Gasteiger partial charge >= 0.3 is 6.09 Å². The Morgan fingerprint density at radius 3 is 2.69 bits per heavy atom. The van der Waals surface area contributed by atoms with Crippen molar-refractivity contribution in [1.29, 1.82) is 0 Å². The number of piperidine rings is 1. The van der Waals surface area contributed by atoms with Gasteiger partial charge in [-0.3, -0.25) is 0 Å². The van der Waals surface area contributed by atoms with E-state index in [0.717, 1.165) is 55.9 Å². The van der Waals surface area contributed by atoms with Gasteiger partial charge in [-0.15, -0.1) is 0 Å². The van der Waals surface area contributed by atoms with Gasteiger partial charge in [0.25, 0.3) is 0 Å². The lowest BCUT2D eigenvalue weighted by molar-refractivity contribution is 0.0104. The third kappa shape index (κ3) is 4.39. The molecule has 1 amide bonds. The standard InChI is InChI=1S/C22H32N4O3/c1-14-13-16(6-10-26(14)21(27)29-22(2,3)4)17-5-9-23-20-18(17)24-19(25-20)15-7-11-28-12-8-15/h5,9,14-16H,6-8,10-13H2,1-4H3,(H,23,24,25). The van der Waals surface area contributed by atoms with Crippen LogP contribution in [-0.2, 0) is 9.47 Å². The highest BCUT2D eigenvalue weighted by Gasteiger charge is 2.33. The summed E-state index contributed by atoms with van der Waals surface area (Å²) in [7, 11) is 0. The van der Waals surface area contributed by atoms with E-state index in [2.05, 4.69) is 23.0 Å². The molecule has 7 heteroatoms.